The van der Waals surface area contributed by atoms with Crippen molar-refractivity contribution in [2.24, 2.45) is 0 Å². The van der Waals surface area contributed by atoms with Gasteiger partial charge in [0.25, 0.3) is 0 Å². The van der Waals surface area contributed by atoms with Crippen LogP contribution in [0.25, 0.3) is 0 Å². The second-order valence-corrected chi connectivity index (χ2v) is 6.59. The van der Waals surface area contributed by atoms with Crippen molar-refractivity contribution in [2.75, 3.05) is 0 Å². The topological polar surface area (TPSA) is 46.2 Å². The van der Waals surface area contributed by atoms with Crippen LogP contribution in [0.1, 0.15) is 32.8 Å². The fraction of sp³-hybridized carbons (Fsp3) is 0.429. The first-order valence-corrected chi connectivity index (χ1v) is 7.53. The molecule has 0 radical (unpaired) electrons. The number of rotatable bonds is 6. The number of benzene rings is 1. The van der Waals surface area contributed by atoms with E-state index in [2.05, 4.69) is 11.3 Å². The van der Waals surface area contributed by atoms with E-state index < -0.39 is 15.6 Å². The Balaban J connectivity index is 3.16. The molecule has 0 spiro atoms. The molecular formula is C14H21NO2S. The maximum absolute atomic E-state index is 12.4. The first kappa shape index (κ1) is 14.9. The van der Waals surface area contributed by atoms with Crippen molar-refractivity contribution in [2.45, 2.75) is 44.0 Å². The second-order valence-electron chi connectivity index (χ2n) is 4.94. The summed E-state index contributed by atoms with van der Waals surface area (Å²) in [4.78, 5) is 0.339. The predicted octanol–water partition coefficient (Wildman–Crippen LogP) is 2.88. The van der Waals surface area contributed by atoms with E-state index in [1.165, 1.54) is 0 Å². The molecule has 0 amide bonds. The van der Waals surface area contributed by atoms with Gasteiger partial charge in [0.05, 0.1) is 4.90 Å². The summed E-state index contributed by atoms with van der Waals surface area (Å²) in [7, 11) is -3.48. The molecule has 4 heteroatoms. The molecule has 0 aliphatic rings. The molecule has 0 unspecified atom stereocenters. The van der Waals surface area contributed by atoms with E-state index in [0.29, 0.717) is 11.3 Å². The minimum Gasteiger partial charge on any atom is -0.207 e. The molecule has 0 fully saturated rings. The Hall–Kier alpha value is -1.13. The van der Waals surface area contributed by atoms with Crippen LogP contribution in [0.2, 0.25) is 0 Å². The summed E-state index contributed by atoms with van der Waals surface area (Å²) in [5, 5.41) is 0. The zero-order valence-corrected chi connectivity index (χ0v) is 12.0. The van der Waals surface area contributed by atoms with Crippen LogP contribution < -0.4 is 4.72 Å². The van der Waals surface area contributed by atoms with Crippen molar-refractivity contribution in [3.63, 3.8) is 0 Å². The van der Waals surface area contributed by atoms with Crippen LogP contribution in [0.3, 0.4) is 0 Å². The number of sulfonamides is 1. The van der Waals surface area contributed by atoms with Crippen molar-refractivity contribution in [3.05, 3.63) is 42.5 Å². The molecular weight excluding hydrogens is 246 g/mol. The number of nitrogens with one attached hydrogen (secondary N) is 1. The fourth-order valence-corrected chi connectivity index (χ4v) is 3.32. The van der Waals surface area contributed by atoms with Crippen LogP contribution in [-0.4, -0.2) is 14.0 Å². The Morgan fingerprint density at radius 1 is 1.33 bits per heavy atom. The first-order valence-electron chi connectivity index (χ1n) is 6.05. The highest BCUT2D eigenvalue weighted by Crippen LogP contribution is 2.19. The van der Waals surface area contributed by atoms with Gasteiger partial charge in [-0.2, -0.15) is 0 Å². The molecule has 1 N–H and O–H groups in total. The lowest BCUT2D eigenvalue weighted by Gasteiger charge is -2.24. The van der Waals surface area contributed by atoms with Gasteiger partial charge in [0.15, 0.2) is 0 Å². The molecule has 1 rings (SSSR count). The van der Waals surface area contributed by atoms with Crippen LogP contribution in [0, 0.1) is 0 Å². The monoisotopic (exact) mass is 267 g/mol. The molecule has 1 aromatic carbocycles. The minimum absolute atomic E-state index is 0.339. The zero-order valence-electron chi connectivity index (χ0n) is 11.2. The lowest BCUT2D eigenvalue weighted by Crippen LogP contribution is -2.42. The highest BCUT2D eigenvalue weighted by Gasteiger charge is 2.25. The SMILES string of the molecule is C=CCc1ccccc1S(=O)(=O)NC(C)(C)CC. The van der Waals surface area contributed by atoms with Gasteiger partial charge in [-0.1, -0.05) is 31.2 Å². The first-order chi connectivity index (χ1) is 8.32. The largest absolute Gasteiger partial charge is 0.241 e. The number of allylic oxidation sites excluding steroid dienone is 1. The van der Waals surface area contributed by atoms with Crippen LogP contribution in [0.15, 0.2) is 41.8 Å². The Labute approximate surface area is 110 Å². The zero-order chi connectivity index (χ0) is 13.8. The van der Waals surface area contributed by atoms with E-state index in [4.69, 9.17) is 0 Å². The summed E-state index contributed by atoms with van der Waals surface area (Å²) < 4.78 is 27.4. The van der Waals surface area contributed by atoms with Crippen LogP contribution in [0.5, 0.6) is 0 Å². The molecule has 0 heterocycles. The van der Waals surface area contributed by atoms with Gasteiger partial charge in [0.2, 0.25) is 10.0 Å². The lowest BCUT2D eigenvalue weighted by atomic mass is 10.0. The van der Waals surface area contributed by atoms with E-state index in [1.807, 2.05) is 32.9 Å². The highest BCUT2D eigenvalue weighted by molar-refractivity contribution is 7.89. The fourth-order valence-electron chi connectivity index (χ4n) is 1.58. The van der Waals surface area contributed by atoms with E-state index in [1.54, 1.807) is 18.2 Å². The normalized spacial score (nSPS) is 12.4. The second kappa shape index (κ2) is 5.67. The molecule has 3 nitrogen and oxygen atoms in total. The standard InChI is InChI=1S/C14H21NO2S/c1-5-9-12-10-7-8-11-13(12)18(16,17)15-14(3,4)6-2/h5,7-8,10-11,15H,1,6,9H2,2-4H3. The van der Waals surface area contributed by atoms with Gasteiger partial charge in [-0.25, -0.2) is 13.1 Å². The van der Waals surface area contributed by atoms with Gasteiger partial charge in [-0.15, -0.1) is 6.58 Å². The third-order valence-corrected chi connectivity index (χ3v) is 4.72. The number of hydrogen-bond acceptors (Lipinski definition) is 2. The summed E-state index contributed by atoms with van der Waals surface area (Å²) >= 11 is 0. The summed E-state index contributed by atoms with van der Waals surface area (Å²) in [6.07, 6.45) is 2.98. The van der Waals surface area contributed by atoms with Crippen molar-refractivity contribution in [3.8, 4) is 0 Å². The smallest absolute Gasteiger partial charge is 0.207 e. The molecule has 18 heavy (non-hydrogen) atoms. The summed E-state index contributed by atoms with van der Waals surface area (Å²) in [6, 6.07) is 7.02. The van der Waals surface area contributed by atoms with E-state index in [-0.39, 0.29) is 0 Å². The van der Waals surface area contributed by atoms with Gasteiger partial charge < -0.3 is 0 Å². The van der Waals surface area contributed by atoms with Gasteiger partial charge in [0.1, 0.15) is 0 Å². The van der Waals surface area contributed by atoms with Crippen molar-refractivity contribution in [1.29, 1.82) is 0 Å². The van der Waals surface area contributed by atoms with Gasteiger partial charge in [-0.3, -0.25) is 0 Å². The molecule has 0 saturated heterocycles. The molecule has 0 aromatic heterocycles. The molecule has 0 aliphatic heterocycles. The van der Waals surface area contributed by atoms with Crippen molar-refractivity contribution in [1.82, 2.24) is 4.72 Å². The Morgan fingerprint density at radius 3 is 2.50 bits per heavy atom. The minimum atomic E-state index is -3.48. The maximum Gasteiger partial charge on any atom is 0.241 e. The molecule has 0 bridgehead atoms. The van der Waals surface area contributed by atoms with E-state index in [9.17, 15) is 8.42 Å². The Morgan fingerprint density at radius 2 is 1.94 bits per heavy atom. The van der Waals surface area contributed by atoms with Gasteiger partial charge in [0, 0.05) is 5.54 Å². The maximum atomic E-state index is 12.4. The highest BCUT2D eigenvalue weighted by atomic mass is 32.2. The molecule has 0 aliphatic carbocycles. The average Bonchev–Trinajstić information content (AvgIpc) is 2.29. The summed E-state index contributed by atoms with van der Waals surface area (Å²) in [5.74, 6) is 0. The molecule has 1 aromatic rings. The van der Waals surface area contributed by atoms with Crippen LogP contribution in [0.4, 0.5) is 0 Å². The van der Waals surface area contributed by atoms with Crippen molar-refractivity contribution >= 4 is 10.0 Å². The molecule has 0 atom stereocenters. The van der Waals surface area contributed by atoms with Crippen LogP contribution in [-0.2, 0) is 16.4 Å². The third-order valence-electron chi connectivity index (χ3n) is 2.92. The van der Waals surface area contributed by atoms with Crippen molar-refractivity contribution < 1.29 is 8.42 Å². The van der Waals surface area contributed by atoms with Gasteiger partial charge >= 0.3 is 0 Å². The van der Waals surface area contributed by atoms with E-state index >= 15 is 0 Å². The Kier molecular flexibility index (Phi) is 4.71. The molecule has 100 valence electrons. The predicted molar refractivity (Wildman–Crippen MR) is 75.0 cm³/mol. The lowest BCUT2D eigenvalue weighted by molar-refractivity contribution is 0.439. The summed E-state index contributed by atoms with van der Waals surface area (Å²) in [5.41, 5.74) is 0.326. The average molecular weight is 267 g/mol. The molecule has 0 saturated carbocycles. The van der Waals surface area contributed by atoms with Gasteiger partial charge in [-0.05, 0) is 38.3 Å². The third kappa shape index (κ3) is 3.68. The number of hydrogen-bond donors (Lipinski definition) is 1. The Bertz CT molecular complexity index is 518. The van der Waals surface area contributed by atoms with E-state index in [0.717, 1.165) is 12.0 Å². The van der Waals surface area contributed by atoms with Crippen LogP contribution >= 0.6 is 0 Å². The summed E-state index contributed by atoms with van der Waals surface area (Å²) in [6.45, 7) is 9.36. The quantitative estimate of drug-likeness (QED) is 0.806.